The van der Waals surface area contributed by atoms with Crippen molar-refractivity contribution in [3.8, 4) is 0 Å². The van der Waals surface area contributed by atoms with E-state index in [1.54, 1.807) is 36.0 Å². The number of piperidine rings is 1. The molecule has 2 aliphatic heterocycles. The minimum Gasteiger partial charge on any atom is -0.370 e. The SMILES string of the molecule is CSc1ccc(N2CCC(CC(=O)N3CCCN(C)CC3)CC2)c(NC(=O)c2cccc(Cl)c2)c1. The predicted molar refractivity (Wildman–Crippen MR) is 146 cm³/mol. The first-order valence-corrected chi connectivity index (χ1v) is 14.0. The van der Waals surface area contributed by atoms with Gasteiger partial charge in [0.25, 0.3) is 5.91 Å². The third kappa shape index (κ3) is 6.93. The molecule has 2 aliphatic rings. The van der Waals surface area contributed by atoms with Crippen LogP contribution in [0.1, 0.15) is 36.0 Å². The second-order valence-corrected chi connectivity index (χ2v) is 10.8. The van der Waals surface area contributed by atoms with E-state index in [9.17, 15) is 9.59 Å². The second-order valence-electron chi connectivity index (χ2n) is 9.52. The van der Waals surface area contributed by atoms with Gasteiger partial charge in [-0.05, 0) is 81.4 Å². The molecule has 0 atom stereocenters. The van der Waals surface area contributed by atoms with Crippen molar-refractivity contribution in [1.29, 1.82) is 0 Å². The van der Waals surface area contributed by atoms with Crippen molar-refractivity contribution < 1.29 is 9.59 Å². The lowest BCUT2D eigenvalue weighted by molar-refractivity contribution is -0.132. The lowest BCUT2D eigenvalue weighted by atomic mass is 9.92. The molecule has 0 unspecified atom stereocenters. The summed E-state index contributed by atoms with van der Waals surface area (Å²) in [6.07, 6.45) is 5.68. The van der Waals surface area contributed by atoms with Crippen LogP contribution in [-0.2, 0) is 4.79 Å². The molecule has 2 saturated heterocycles. The number of hydrogen-bond acceptors (Lipinski definition) is 5. The van der Waals surface area contributed by atoms with E-state index >= 15 is 0 Å². The molecule has 188 valence electrons. The maximum Gasteiger partial charge on any atom is 0.255 e. The zero-order chi connectivity index (χ0) is 24.8. The number of thioether (sulfide) groups is 1. The Bertz CT molecular complexity index is 1040. The van der Waals surface area contributed by atoms with Crippen molar-refractivity contribution in [3.63, 3.8) is 0 Å². The summed E-state index contributed by atoms with van der Waals surface area (Å²) in [5.41, 5.74) is 2.37. The molecule has 2 fully saturated rings. The van der Waals surface area contributed by atoms with Crippen molar-refractivity contribution in [2.45, 2.75) is 30.6 Å². The number of rotatable bonds is 6. The lowest BCUT2D eigenvalue weighted by Gasteiger charge is -2.35. The maximum atomic E-state index is 12.9. The van der Waals surface area contributed by atoms with Gasteiger partial charge in [-0.25, -0.2) is 0 Å². The van der Waals surface area contributed by atoms with Crippen LogP contribution in [0, 0.1) is 5.92 Å². The van der Waals surface area contributed by atoms with Crippen LogP contribution in [0.3, 0.4) is 0 Å². The van der Waals surface area contributed by atoms with E-state index in [0.717, 1.165) is 74.8 Å². The average molecular weight is 515 g/mol. The van der Waals surface area contributed by atoms with Gasteiger partial charge < -0.3 is 20.0 Å². The zero-order valence-electron chi connectivity index (χ0n) is 20.6. The Balaban J connectivity index is 1.39. The molecule has 2 heterocycles. The number of hydrogen-bond donors (Lipinski definition) is 1. The number of carbonyl (C=O) groups excluding carboxylic acids is 2. The number of carbonyl (C=O) groups is 2. The summed E-state index contributed by atoms with van der Waals surface area (Å²) >= 11 is 7.74. The fourth-order valence-corrected chi connectivity index (χ4v) is 5.52. The molecule has 2 aromatic carbocycles. The van der Waals surface area contributed by atoms with Crippen LogP contribution < -0.4 is 10.2 Å². The van der Waals surface area contributed by atoms with Crippen LogP contribution in [0.25, 0.3) is 0 Å². The summed E-state index contributed by atoms with van der Waals surface area (Å²) in [7, 11) is 2.13. The summed E-state index contributed by atoms with van der Waals surface area (Å²) in [5.74, 6) is 0.544. The minimum atomic E-state index is -0.171. The van der Waals surface area contributed by atoms with Gasteiger partial charge in [0.15, 0.2) is 0 Å². The molecule has 2 aromatic rings. The van der Waals surface area contributed by atoms with E-state index < -0.39 is 0 Å². The Labute approximate surface area is 218 Å². The van der Waals surface area contributed by atoms with Gasteiger partial charge in [0.2, 0.25) is 5.91 Å². The van der Waals surface area contributed by atoms with Gasteiger partial charge >= 0.3 is 0 Å². The number of anilines is 2. The fourth-order valence-electron chi connectivity index (χ4n) is 4.89. The molecule has 6 nitrogen and oxygen atoms in total. The van der Waals surface area contributed by atoms with Crippen LogP contribution in [0.15, 0.2) is 47.4 Å². The number of halogens is 1. The number of nitrogens with zero attached hydrogens (tertiary/aromatic N) is 3. The van der Waals surface area contributed by atoms with Crippen molar-refractivity contribution >= 4 is 46.6 Å². The Kier molecular flexibility index (Phi) is 8.98. The highest BCUT2D eigenvalue weighted by atomic mass is 35.5. The van der Waals surface area contributed by atoms with Crippen LogP contribution in [0.5, 0.6) is 0 Å². The maximum absolute atomic E-state index is 12.9. The first-order chi connectivity index (χ1) is 16.9. The van der Waals surface area contributed by atoms with Crippen LogP contribution in [0.2, 0.25) is 5.02 Å². The van der Waals surface area contributed by atoms with Gasteiger partial charge in [-0.3, -0.25) is 9.59 Å². The molecule has 0 aromatic heterocycles. The first-order valence-electron chi connectivity index (χ1n) is 12.4. The topological polar surface area (TPSA) is 55.9 Å². The number of amides is 2. The lowest BCUT2D eigenvalue weighted by Crippen LogP contribution is -2.39. The summed E-state index contributed by atoms with van der Waals surface area (Å²) in [4.78, 5) is 33.6. The van der Waals surface area contributed by atoms with Crippen molar-refractivity contribution in [1.82, 2.24) is 9.80 Å². The van der Waals surface area contributed by atoms with E-state index in [1.165, 1.54) is 0 Å². The molecule has 1 N–H and O–H groups in total. The Morgan fingerprint density at radius 2 is 1.83 bits per heavy atom. The molecule has 0 saturated carbocycles. The monoisotopic (exact) mass is 514 g/mol. The van der Waals surface area contributed by atoms with Crippen molar-refractivity contribution in [2.24, 2.45) is 5.92 Å². The van der Waals surface area contributed by atoms with E-state index in [-0.39, 0.29) is 5.91 Å². The predicted octanol–water partition coefficient (Wildman–Crippen LogP) is 5.08. The van der Waals surface area contributed by atoms with Gasteiger partial charge in [0, 0.05) is 54.6 Å². The van der Waals surface area contributed by atoms with Gasteiger partial charge in [0.1, 0.15) is 0 Å². The summed E-state index contributed by atoms with van der Waals surface area (Å²) < 4.78 is 0. The van der Waals surface area contributed by atoms with E-state index in [0.29, 0.717) is 28.8 Å². The summed E-state index contributed by atoms with van der Waals surface area (Å²) in [6.45, 7) is 5.48. The van der Waals surface area contributed by atoms with Crippen LogP contribution in [0.4, 0.5) is 11.4 Å². The highest BCUT2D eigenvalue weighted by molar-refractivity contribution is 7.98. The third-order valence-corrected chi connectivity index (χ3v) is 7.99. The van der Waals surface area contributed by atoms with Gasteiger partial charge in [-0.2, -0.15) is 0 Å². The van der Waals surface area contributed by atoms with E-state index in [4.69, 9.17) is 11.6 Å². The Morgan fingerprint density at radius 3 is 2.57 bits per heavy atom. The number of likely N-dealkylation sites (N-methyl/N-ethyl adjacent to an activating group) is 1. The molecule has 0 aliphatic carbocycles. The Hall–Kier alpha value is -2.22. The molecule has 2 amide bonds. The fraction of sp³-hybridized carbons (Fsp3) is 0.481. The molecular weight excluding hydrogens is 480 g/mol. The van der Waals surface area contributed by atoms with Gasteiger partial charge in [0.05, 0.1) is 11.4 Å². The Morgan fingerprint density at radius 1 is 1.03 bits per heavy atom. The van der Waals surface area contributed by atoms with Gasteiger partial charge in [-0.1, -0.05) is 17.7 Å². The zero-order valence-corrected chi connectivity index (χ0v) is 22.2. The van der Waals surface area contributed by atoms with Crippen LogP contribution in [-0.4, -0.2) is 74.2 Å². The third-order valence-electron chi connectivity index (χ3n) is 7.03. The van der Waals surface area contributed by atoms with Gasteiger partial charge in [-0.15, -0.1) is 11.8 Å². The van der Waals surface area contributed by atoms with Crippen molar-refractivity contribution in [3.05, 3.63) is 53.1 Å². The van der Waals surface area contributed by atoms with Crippen molar-refractivity contribution in [2.75, 3.05) is 62.8 Å². The largest absolute Gasteiger partial charge is 0.370 e. The summed E-state index contributed by atoms with van der Waals surface area (Å²) in [6, 6.07) is 13.2. The van der Waals surface area contributed by atoms with E-state index in [1.807, 2.05) is 12.3 Å². The highest BCUT2D eigenvalue weighted by Gasteiger charge is 2.26. The molecule has 35 heavy (non-hydrogen) atoms. The minimum absolute atomic E-state index is 0.171. The van der Waals surface area contributed by atoms with Crippen LogP contribution >= 0.6 is 23.4 Å². The second kappa shape index (κ2) is 12.2. The molecule has 0 bridgehead atoms. The van der Waals surface area contributed by atoms with E-state index in [2.05, 4.69) is 39.2 Å². The molecule has 4 rings (SSSR count). The smallest absolute Gasteiger partial charge is 0.255 e. The average Bonchev–Trinajstić information content (AvgIpc) is 3.09. The molecule has 0 spiro atoms. The standard InChI is InChI=1S/C27H35ClN4O2S/c1-30-11-4-12-32(16-15-30)26(33)17-20-9-13-31(14-10-20)25-8-7-23(35-2)19-24(25)29-27(34)21-5-3-6-22(28)18-21/h3,5-8,18-20H,4,9-17H2,1-2H3,(H,29,34). The molecule has 0 radical (unpaired) electrons. The number of benzene rings is 2. The molecular formula is C27H35ClN4O2S. The quantitative estimate of drug-likeness (QED) is 0.544. The normalized spacial score (nSPS) is 17.8. The number of nitrogens with one attached hydrogen (secondary N) is 1. The first kappa shape index (κ1) is 25.9. The highest BCUT2D eigenvalue weighted by Crippen LogP contribution is 2.34. The molecule has 8 heteroatoms. The summed E-state index contributed by atoms with van der Waals surface area (Å²) in [5, 5.41) is 3.65.